The second-order valence-electron chi connectivity index (χ2n) is 12.3. The van der Waals surface area contributed by atoms with Gasteiger partial charge in [-0.2, -0.15) is 0 Å². The van der Waals surface area contributed by atoms with Gasteiger partial charge in [0.25, 0.3) is 0 Å². The molecule has 238 valence electrons. The van der Waals surface area contributed by atoms with Gasteiger partial charge in [0, 0.05) is 16.9 Å². The minimum Gasteiger partial charge on any atom is -0.307 e. The van der Waals surface area contributed by atoms with E-state index in [-0.39, 0.29) is 5.82 Å². The van der Waals surface area contributed by atoms with Crippen LogP contribution >= 0.6 is 0 Å². The van der Waals surface area contributed by atoms with Crippen LogP contribution in [0.3, 0.4) is 0 Å². The quantitative estimate of drug-likeness (QED) is 0.159. The summed E-state index contributed by atoms with van der Waals surface area (Å²) in [6.07, 6.45) is 0. The molecule has 0 aliphatic heterocycles. The van der Waals surface area contributed by atoms with E-state index in [1.807, 2.05) is 77.7 Å². The van der Waals surface area contributed by atoms with Gasteiger partial charge in [-0.25, -0.2) is 4.39 Å². The fraction of sp³-hybridized carbons (Fsp3) is 0. The van der Waals surface area contributed by atoms with Crippen molar-refractivity contribution in [3.05, 3.63) is 212 Å². The van der Waals surface area contributed by atoms with E-state index >= 15 is 4.39 Å². The molecule has 0 aliphatic carbocycles. The van der Waals surface area contributed by atoms with Gasteiger partial charge in [0.05, 0.1) is 5.69 Å². The smallest absolute Gasteiger partial charge is 0.148 e. The van der Waals surface area contributed by atoms with Crippen LogP contribution < -0.4 is 4.90 Å². The van der Waals surface area contributed by atoms with Gasteiger partial charge >= 0.3 is 0 Å². The van der Waals surface area contributed by atoms with Crippen LogP contribution in [0.2, 0.25) is 0 Å². The van der Waals surface area contributed by atoms with Gasteiger partial charge in [-0.3, -0.25) is 0 Å². The highest BCUT2D eigenvalue weighted by Gasteiger charge is 2.23. The predicted molar refractivity (Wildman–Crippen MR) is 208 cm³/mol. The maximum absolute atomic E-state index is 17.1. The van der Waals surface area contributed by atoms with Crippen molar-refractivity contribution >= 4 is 17.1 Å². The van der Waals surface area contributed by atoms with E-state index in [2.05, 4.69) is 127 Å². The summed E-state index contributed by atoms with van der Waals surface area (Å²) in [7, 11) is 0. The van der Waals surface area contributed by atoms with Crippen molar-refractivity contribution < 1.29 is 4.39 Å². The normalized spacial score (nSPS) is 10.9. The lowest BCUT2D eigenvalue weighted by atomic mass is 9.94. The van der Waals surface area contributed by atoms with Gasteiger partial charge in [0.1, 0.15) is 5.82 Å². The molecule has 0 aromatic heterocycles. The first-order valence-electron chi connectivity index (χ1n) is 16.9. The number of halogens is 1. The van der Waals surface area contributed by atoms with Gasteiger partial charge in [0.15, 0.2) is 0 Å². The lowest BCUT2D eigenvalue weighted by Gasteiger charge is -2.29. The topological polar surface area (TPSA) is 3.24 Å². The molecule has 0 saturated carbocycles. The molecule has 0 N–H and O–H groups in total. The zero-order chi connectivity index (χ0) is 33.7. The Morgan fingerprint density at radius 1 is 0.280 bits per heavy atom. The largest absolute Gasteiger partial charge is 0.307 e. The van der Waals surface area contributed by atoms with Gasteiger partial charge < -0.3 is 4.90 Å². The SMILES string of the molecule is Fc1cc(-c2ccc(-c3ccccc3)cc2)cc(-c2ccccc2)c1N(c1ccc(-c2ccccc2)cc1)c1ccc(-c2ccccc2)cc1. The molecule has 50 heavy (non-hydrogen) atoms. The number of hydrogen-bond acceptors (Lipinski definition) is 1. The molecule has 0 aliphatic rings. The van der Waals surface area contributed by atoms with Crippen molar-refractivity contribution in [3.8, 4) is 55.6 Å². The third kappa shape index (κ3) is 6.35. The Morgan fingerprint density at radius 3 is 0.960 bits per heavy atom. The number of hydrogen-bond donors (Lipinski definition) is 0. The van der Waals surface area contributed by atoms with Crippen molar-refractivity contribution in [2.45, 2.75) is 0 Å². The van der Waals surface area contributed by atoms with Crippen LogP contribution in [0.25, 0.3) is 55.6 Å². The summed E-state index contributed by atoms with van der Waals surface area (Å²) >= 11 is 0. The molecule has 0 unspecified atom stereocenters. The molecule has 0 bridgehead atoms. The monoisotopic (exact) mass is 643 g/mol. The summed E-state index contributed by atoms with van der Waals surface area (Å²) in [4.78, 5) is 2.05. The third-order valence-electron chi connectivity index (χ3n) is 9.16. The molecule has 0 atom stereocenters. The van der Waals surface area contributed by atoms with Gasteiger partial charge in [0.2, 0.25) is 0 Å². The summed E-state index contributed by atoms with van der Waals surface area (Å²) in [5.41, 5.74) is 12.5. The molecule has 8 aromatic carbocycles. The Hall–Kier alpha value is -6.51. The molecular weight excluding hydrogens is 610 g/mol. The van der Waals surface area contributed by atoms with Crippen molar-refractivity contribution in [2.75, 3.05) is 4.90 Å². The lowest BCUT2D eigenvalue weighted by Crippen LogP contribution is -2.13. The van der Waals surface area contributed by atoms with Crippen LogP contribution in [0.1, 0.15) is 0 Å². The van der Waals surface area contributed by atoms with E-state index in [0.29, 0.717) is 5.69 Å². The average Bonchev–Trinajstić information content (AvgIpc) is 3.20. The molecule has 0 radical (unpaired) electrons. The summed E-state index contributed by atoms with van der Waals surface area (Å²) in [5.74, 6) is -0.298. The summed E-state index contributed by atoms with van der Waals surface area (Å²) in [6, 6.07) is 70.0. The fourth-order valence-corrected chi connectivity index (χ4v) is 6.59. The number of rotatable bonds is 8. The molecule has 0 spiro atoms. The minimum absolute atomic E-state index is 0.298. The summed E-state index contributed by atoms with van der Waals surface area (Å²) in [6.45, 7) is 0. The second kappa shape index (κ2) is 13.9. The van der Waals surface area contributed by atoms with Gasteiger partial charge in [-0.1, -0.05) is 170 Å². The maximum atomic E-state index is 17.1. The molecule has 0 heterocycles. The Morgan fingerprint density at radius 2 is 0.580 bits per heavy atom. The van der Waals surface area contributed by atoms with Crippen LogP contribution in [0.4, 0.5) is 21.5 Å². The van der Waals surface area contributed by atoms with E-state index in [4.69, 9.17) is 0 Å². The van der Waals surface area contributed by atoms with E-state index in [1.54, 1.807) is 6.07 Å². The molecular formula is C48H34FN. The predicted octanol–water partition coefficient (Wildman–Crippen LogP) is 13.6. The Kier molecular flexibility index (Phi) is 8.57. The van der Waals surface area contributed by atoms with Crippen molar-refractivity contribution in [2.24, 2.45) is 0 Å². The molecule has 8 rings (SSSR count). The van der Waals surface area contributed by atoms with E-state index < -0.39 is 0 Å². The maximum Gasteiger partial charge on any atom is 0.148 e. The molecule has 0 amide bonds. The highest BCUT2D eigenvalue weighted by Crippen LogP contribution is 2.45. The van der Waals surface area contributed by atoms with E-state index in [1.165, 1.54) is 0 Å². The highest BCUT2D eigenvalue weighted by molar-refractivity contribution is 5.92. The second-order valence-corrected chi connectivity index (χ2v) is 12.3. The van der Waals surface area contributed by atoms with E-state index in [9.17, 15) is 0 Å². The van der Waals surface area contributed by atoms with Crippen LogP contribution in [0.15, 0.2) is 206 Å². The third-order valence-corrected chi connectivity index (χ3v) is 9.16. The molecule has 1 nitrogen and oxygen atoms in total. The standard InChI is InChI=1S/C48H34FN/c49-47-34-43(41-23-21-38(22-24-41)35-13-5-1-6-14-35)33-46(42-19-11-4-12-20-42)48(47)50(44-29-25-39(26-30-44)36-15-7-2-8-16-36)45-31-27-40(28-32-45)37-17-9-3-10-18-37/h1-34H. The zero-order valence-corrected chi connectivity index (χ0v) is 27.5. The highest BCUT2D eigenvalue weighted by atomic mass is 19.1. The molecule has 0 saturated heterocycles. The summed E-state index contributed by atoms with van der Waals surface area (Å²) in [5, 5.41) is 0. The minimum atomic E-state index is -0.298. The molecule has 0 fully saturated rings. The Labute approximate surface area is 293 Å². The van der Waals surface area contributed by atoms with Crippen LogP contribution in [0, 0.1) is 5.82 Å². The van der Waals surface area contributed by atoms with Gasteiger partial charge in [-0.15, -0.1) is 0 Å². The van der Waals surface area contributed by atoms with Gasteiger partial charge in [-0.05, 0) is 86.5 Å². The first-order valence-corrected chi connectivity index (χ1v) is 16.9. The lowest BCUT2D eigenvalue weighted by molar-refractivity contribution is 0.630. The number of anilines is 3. The fourth-order valence-electron chi connectivity index (χ4n) is 6.59. The van der Waals surface area contributed by atoms with Crippen LogP contribution in [-0.2, 0) is 0 Å². The number of nitrogens with zero attached hydrogens (tertiary/aromatic N) is 1. The Balaban J connectivity index is 1.28. The Bertz CT molecular complexity index is 2230. The zero-order valence-electron chi connectivity index (χ0n) is 27.5. The summed E-state index contributed by atoms with van der Waals surface area (Å²) < 4.78 is 17.1. The first-order chi connectivity index (χ1) is 24.7. The number of benzene rings is 8. The van der Waals surface area contributed by atoms with Crippen molar-refractivity contribution in [1.29, 1.82) is 0 Å². The van der Waals surface area contributed by atoms with Crippen LogP contribution in [0.5, 0.6) is 0 Å². The van der Waals surface area contributed by atoms with Crippen molar-refractivity contribution in [1.82, 2.24) is 0 Å². The van der Waals surface area contributed by atoms with Crippen molar-refractivity contribution in [3.63, 3.8) is 0 Å². The van der Waals surface area contributed by atoms with Crippen LogP contribution in [-0.4, -0.2) is 0 Å². The molecule has 2 heteroatoms. The first kappa shape index (κ1) is 30.8. The molecule has 8 aromatic rings. The average molecular weight is 644 g/mol. The van der Waals surface area contributed by atoms with E-state index in [0.717, 1.165) is 67.0 Å².